The van der Waals surface area contributed by atoms with Crippen LogP contribution in [0.1, 0.15) is 0 Å². The molecule has 9 heteroatoms. The summed E-state index contributed by atoms with van der Waals surface area (Å²) in [6.45, 7) is 0.800. The molecule has 3 heterocycles. The molecule has 9 nitrogen and oxygen atoms in total. The molecule has 0 spiro atoms. The first-order chi connectivity index (χ1) is 12.5. The van der Waals surface area contributed by atoms with Gasteiger partial charge < -0.3 is 14.2 Å². The molecule has 0 bridgehead atoms. The van der Waals surface area contributed by atoms with Crippen LogP contribution in [0.3, 0.4) is 0 Å². The number of methoxy groups -OCH3 is 1. The number of fused-ring (bicyclic) bond motifs is 3. The third-order valence-electron chi connectivity index (χ3n) is 4.58. The van der Waals surface area contributed by atoms with E-state index in [1.807, 2.05) is 35.2 Å². The van der Waals surface area contributed by atoms with Crippen LogP contribution >= 0.6 is 0 Å². The second-order valence-electron chi connectivity index (χ2n) is 6.03. The van der Waals surface area contributed by atoms with E-state index in [0.717, 1.165) is 10.3 Å². The van der Waals surface area contributed by atoms with Gasteiger partial charge in [-0.05, 0) is 12.1 Å². The van der Waals surface area contributed by atoms with Crippen LogP contribution in [0, 0.1) is 0 Å². The van der Waals surface area contributed by atoms with Gasteiger partial charge in [-0.1, -0.05) is 18.2 Å². The monoisotopic (exact) mass is 355 g/mol. The van der Waals surface area contributed by atoms with Crippen LogP contribution in [-0.2, 0) is 29.7 Å². The zero-order chi connectivity index (χ0) is 18.4. The molecular weight excluding hydrogens is 338 g/mol. The third-order valence-corrected chi connectivity index (χ3v) is 4.58. The van der Waals surface area contributed by atoms with Crippen molar-refractivity contribution in [2.24, 2.45) is 7.05 Å². The molecule has 0 amide bonds. The van der Waals surface area contributed by atoms with Crippen LogP contribution in [0.5, 0.6) is 0 Å². The first-order valence-electron chi connectivity index (χ1n) is 8.12. The molecule has 134 valence electrons. The van der Waals surface area contributed by atoms with Crippen LogP contribution in [0.15, 0.2) is 39.9 Å². The van der Waals surface area contributed by atoms with E-state index in [0.29, 0.717) is 30.2 Å². The minimum Gasteiger partial charge on any atom is -0.468 e. The van der Waals surface area contributed by atoms with Gasteiger partial charge in [0.05, 0.1) is 7.11 Å². The van der Waals surface area contributed by atoms with Crippen molar-refractivity contribution >= 4 is 28.8 Å². The molecule has 0 radical (unpaired) electrons. The van der Waals surface area contributed by atoms with Gasteiger partial charge in [0, 0.05) is 25.8 Å². The molecule has 0 saturated heterocycles. The lowest BCUT2D eigenvalue weighted by atomic mass is 10.3. The fourth-order valence-electron chi connectivity index (χ4n) is 3.26. The summed E-state index contributed by atoms with van der Waals surface area (Å²) in [6.07, 6.45) is 0. The molecule has 3 aromatic rings. The summed E-state index contributed by atoms with van der Waals surface area (Å²) in [4.78, 5) is 43.5. The number of rotatable bonds is 3. The number of hydrogen-bond acceptors (Lipinski definition) is 6. The Morgan fingerprint density at radius 3 is 2.62 bits per heavy atom. The van der Waals surface area contributed by atoms with Crippen molar-refractivity contribution < 1.29 is 9.53 Å². The smallest absolute Gasteiger partial charge is 0.333 e. The summed E-state index contributed by atoms with van der Waals surface area (Å²) in [7, 11) is 2.75. The minimum absolute atomic E-state index is 0.303. The lowest BCUT2D eigenvalue weighted by Gasteiger charge is -2.15. The van der Waals surface area contributed by atoms with Crippen LogP contribution in [0.25, 0.3) is 11.2 Å². The van der Waals surface area contributed by atoms with Gasteiger partial charge in [-0.2, -0.15) is 4.98 Å². The summed E-state index contributed by atoms with van der Waals surface area (Å²) in [5.74, 6) is -0.0512. The lowest BCUT2D eigenvalue weighted by Crippen LogP contribution is -2.41. The van der Waals surface area contributed by atoms with Crippen molar-refractivity contribution in [2.45, 2.75) is 13.1 Å². The zero-order valence-corrected chi connectivity index (χ0v) is 14.4. The number of imidazole rings is 1. The molecule has 0 fully saturated rings. The van der Waals surface area contributed by atoms with Gasteiger partial charge in [-0.3, -0.25) is 14.2 Å². The Hall–Kier alpha value is -3.36. The largest absolute Gasteiger partial charge is 0.468 e. The Morgan fingerprint density at radius 2 is 1.92 bits per heavy atom. The van der Waals surface area contributed by atoms with Gasteiger partial charge in [-0.25, -0.2) is 9.36 Å². The Morgan fingerprint density at radius 1 is 1.19 bits per heavy atom. The fourth-order valence-corrected chi connectivity index (χ4v) is 3.26. The van der Waals surface area contributed by atoms with Crippen molar-refractivity contribution in [3.63, 3.8) is 0 Å². The summed E-state index contributed by atoms with van der Waals surface area (Å²) in [5, 5.41) is 0. The van der Waals surface area contributed by atoms with E-state index < -0.39 is 23.8 Å². The van der Waals surface area contributed by atoms with Gasteiger partial charge in [0.25, 0.3) is 5.56 Å². The van der Waals surface area contributed by atoms with Crippen molar-refractivity contribution in [1.29, 1.82) is 0 Å². The maximum atomic E-state index is 12.9. The van der Waals surface area contributed by atoms with Crippen LogP contribution in [0.2, 0.25) is 0 Å². The predicted molar refractivity (Wildman–Crippen MR) is 94.7 cm³/mol. The third kappa shape index (κ3) is 2.24. The van der Waals surface area contributed by atoms with E-state index in [-0.39, 0.29) is 0 Å². The number of anilines is 2. The standard InChI is InChI=1S/C17H17N5O4/c1-19-14-13(15(24)22(17(19)25)10-12(23)26-2)21-9-8-20(16(21)18-14)11-6-4-3-5-7-11/h3-7H,8-10H2,1-2H3. The summed E-state index contributed by atoms with van der Waals surface area (Å²) in [5.41, 5.74) is 0.431. The summed E-state index contributed by atoms with van der Waals surface area (Å²) >= 11 is 0. The number of ether oxygens (including phenoxy) is 1. The number of carbonyl (C=O) groups excluding carboxylic acids is 1. The number of aromatic nitrogens is 4. The number of aryl methyl sites for hydroxylation is 1. The Bertz CT molecular complexity index is 1130. The predicted octanol–water partition coefficient (Wildman–Crippen LogP) is 0.221. The molecule has 0 N–H and O–H groups in total. The van der Waals surface area contributed by atoms with Crippen molar-refractivity contribution in [3.05, 3.63) is 51.2 Å². The first kappa shape index (κ1) is 16.1. The molecule has 1 aliphatic heterocycles. The average Bonchev–Trinajstić information content (AvgIpc) is 3.23. The second kappa shape index (κ2) is 5.87. The molecule has 4 rings (SSSR count). The summed E-state index contributed by atoms with van der Waals surface area (Å²) in [6, 6.07) is 9.71. The normalized spacial score (nSPS) is 13.2. The number of esters is 1. The van der Waals surface area contributed by atoms with Gasteiger partial charge in [0.1, 0.15) is 6.54 Å². The molecule has 2 aromatic heterocycles. The lowest BCUT2D eigenvalue weighted by molar-refractivity contribution is -0.141. The van der Waals surface area contributed by atoms with Gasteiger partial charge in [0.2, 0.25) is 5.95 Å². The van der Waals surface area contributed by atoms with E-state index in [2.05, 4.69) is 9.72 Å². The Kier molecular flexibility index (Phi) is 3.64. The molecule has 0 unspecified atom stereocenters. The van der Waals surface area contributed by atoms with Crippen LogP contribution < -0.4 is 16.1 Å². The zero-order valence-electron chi connectivity index (χ0n) is 14.4. The Labute approximate surface area is 147 Å². The Balaban J connectivity index is 1.94. The highest BCUT2D eigenvalue weighted by molar-refractivity contribution is 5.78. The van der Waals surface area contributed by atoms with Crippen molar-refractivity contribution in [2.75, 3.05) is 18.6 Å². The maximum absolute atomic E-state index is 12.9. The van der Waals surface area contributed by atoms with E-state index >= 15 is 0 Å². The molecular formula is C17H17N5O4. The SMILES string of the molecule is COC(=O)Cn1c(=O)c2c(nc3n2CCN3c2ccccc2)n(C)c1=O. The number of carbonyl (C=O) groups is 1. The van der Waals surface area contributed by atoms with E-state index in [4.69, 9.17) is 0 Å². The van der Waals surface area contributed by atoms with Crippen molar-refractivity contribution in [1.82, 2.24) is 18.7 Å². The van der Waals surface area contributed by atoms with E-state index in [1.165, 1.54) is 18.7 Å². The quantitative estimate of drug-likeness (QED) is 0.624. The number of hydrogen-bond donors (Lipinski definition) is 0. The van der Waals surface area contributed by atoms with Gasteiger partial charge >= 0.3 is 11.7 Å². The number of nitrogens with zero attached hydrogens (tertiary/aromatic N) is 5. The van der Waals surface area contributed by atoms with Crippen molar-refractivity contribution in [3.8, 4) is 0 Å². The first-order valence-corrected chi connectivity index (χ1v) is 8.12. The average molecular weight is 355 g/mol. The summed E-state index contributed by atoms with van der Waals surface area (Å²) < 4.78 is 8.55. The number of para-hydroxylation sites is 1. The highest BCUT2D eigenvalue weighted by Gasteiger charge is 2.28. The molecule has 0 atom stereocenters. The molecule has 1 aromatic carbocycles. The highest BCUT2D eigenvalue weighted by Crippen LogP contribution is 2.31. The molecule has 0 aliphatic carbocycles. The van der Waals surface area contributed by atoms with E-state index in [1.54, 1.807) is 4.57 Å². The van der Waals surface area contributed by atoms with Gasteiger partial charge in [-0.15, -0.1) is 0 Å². The second-order valence-corrected chi connectivity index (χ2v) is 6.03. The minimum atomic E-state index is -0.657. The fraction of sp³-hybridized carbons (Fsp3) is 0.294. The number of benzene rings is 1. The van der Waals surface area contributed by atoms with Gasteiger partial charge in [0.15, 0.2) is 11.2 Å². The molecule has 26 heavy (non-hydrogen) atoms. The highest BCUT2D eigenvalue weighted by atomic mass is 16.5. The molecule has 1 aliphatic rings. The molecule has 0 saturated carbocycles. The van der Waals surface area contributed by atoms with E-state index in [9.17, 15) is 14.4 Å². The topological polar surface area (TPSA) is 91.4 Å². The maximum Gasteiger partial charge on any atom is 0.333 e. The van der Waals surface area contributed by atoms with Crippen LogP contribution in [-0.4, -0.2) is 38.3 Å². The van der Waals surface area contributed by atoms with Crippen LogP contribution in [0.4, 0.5) is 11.6 Å².